The summed E-state index contributed by atoms with van der Waals surface area (Å²) in [5.74, 6) is 1.16. The molecule has 0 heterocycles. The molecule has 0 radical (unpaired) electrons. The van der Waals surface area contributed by atoms with Crippen LogP contribution in [0, 0.1) is 5.92 Å². The zero-order chi connectivity index (χ0) is 13.7. The second-order valence-corrected chi connectivity index (χ2v) is 6.07. The first-order chi connectivity index (χ1) is 9.19. The van der Waals surface area contributed by atoms with Crippen LogP contribution >= 0.6 is 15.9 Å². The number of aldehydes is 1. The van der Waals surface area contributed by atoms with Gasteiger partial charge in [-0.1, -0.05) is 41.6 Å². The van der Waals surface area contributed by atoms with Gasteiger partial charge in [0, 0.05) is 4.47 Å². The van der Waals surface area contributed by atoms with Gasteiger partial charge in [-0.25, -0.2) is 0 Å². The molecule has 0 aromatic heterocycles. The lowest BCUT2D eigenvalue weighted by atomic mass is 10.0. The van der Waals surface area contributed by atoms with Crippen LogP contribution in [0.2, 0.25) is 0 Å². The number of aliphatic hydroxyl groups excluding tert-OH is 1. The fourth-order valence-corrected chi connectivity index (χ4v) is 3.01. The molecule has 1 aromatic rings. The van der Waals surface area contributed by atoms with E-state index in [1.807, 2.05) is 6.07 Å². The summed E-state index contributed by atoms with van der Waals surface area (Å²) in [7, 11) is 0. The molecule has 1 N–H and O–H groups in total. The first kappa shape index (κ1) is 14.5. The number of benzene rings is 1. The molecule has 0 amide bonds. The van der Waals surface area contributed by atoms with Crippen molar-refractivity contribution in [2.45, 2.75) is 38.2 Å². The van der Waals surface area contributed by atoms with E-state index >= 15 is 0 Å². The van der Waals surface area contributed by atoms with Gasteiger partial charge in [0.2, 0.25) is 0 Å². The molecule has 0 aliphatic heterocycles. The predicted octanol–water partition coefficient (Wildman–Crippen LogP) is 3.58. The molecule has 4 heteroatoms. The van der Waals surface area contributed by atoms with Crippen LogP contribution in [0.3, 0.4) is 0 Å². The third-order valence-electron chi connectivity index (χ3n) is 3.61. The SMILES string of the molecule is O=Cc1cc(Br)ccc1OCC(O)CC1CCCC1. The summed E-state index contributed by atoms with van der Waals surface area (Å²) in [6, 6.07) is 5.29. The lowest BCUT2D eigenvalue weighted by Crippen LogP contribution is -2.20. The van der Waals surface area contributed by atoms with Crippen LogP contribution in [-0.2, 0) is 0 Å². The Balaban J connectivity index is 1.85. The number of rotatable bonds is 6. The lowest BCUT2D eigenvalue weighted by Gasteiger charge is -2.16. The lowest BCUT2D eigenvalue weighted by molar-refractivity contribution is 0.0846. The molecule has 1 unspecified atom stereocenters. The fourth-order valence-electron chi connectivity index (χ4n) is 2.63. The minimum Gasteiger partial charge on any atom is -0.490 e. The molecule has 0 bridgehead atoms. The van der Waals surface area contributed by atoms with Gasteiger partial charge in [0.25, 0.3) is 0 Å². The first-order valence-corrected chi connectivity index (χ1v) is 7.54. The molecule has 1 atom stereocenters. The van der Waals surface area contributed by atoms with E-state index in [-0.39, 0.29) is 6.61 Å². The molecule has 104 valence electrons. The van der Waals surface area contributed by atoms with Crippen LogP contribution in [0.15, 0.2) is 22.7 Å². The van der Waals surface area contributed by atoms with Crippen molar-refractivity contribution in [2.24, 2.45) is 5.92 Å². The van der Waals surface area contributed by atoms with Crippen LogP contribution < -0.4 is 4.74 Å². The highest BCUT2D eigenvalue weighted by Crippen LogP contribution is 2.29. The first-order valence-electron chi connectivity index (χ1n) is 6.74. The third-order valence-corrected chi connectivity index (χ3v) is 4.10. The van der Waals surface area contributed by atoms with Crippen LogP contribution in [0.1, 0.15) is 42.5 Å². The average molecular weight is 327 g/mol. The van der Waals surface area contributed by atoms with E-state index in [2.05, 4.69) is 15.9 Å². The van der Waals surface area contributed by atoms with Gasteiger partial charge in [0.15, 0.2) is 6.29 Å². The van der Waals surface area contributed by atoms with Crippen molar-refractivity contribution in [3.05, 3.63) is 28.2 Å². The van der Waals surface area contributed by atoms with E-state index in [4.69, 9.17) is 4.74 Å². The minimum atomic E-state index is -0.453. The van der Waals surface area contributed by atoms with Crippen LogP contribution in [0.25, 0.3) is 0 Å². The van der Waals surface area contributed by atoms with Crippen LogP contribution in [0.4, 0.5) is 0 Å². The monoisotopic (exact) mass is 326 g/mol. The number of hydrogen-bond donors (Lipinski definition) is 1. The quantitative estimate of drug-likeness (QED) is 0.813. The van der Waals surface area contributed by atoms with Crippen LogP contribution in [-0.4, -0.2) is 24.1 Å². The number of aliphatic hydroxyl groups is 1. The van der Waals surface area contributed by atoms with Gasteiger partial charge < -0.3 is 9.84 Å². The number of halogens is 1. The molecular weight excluding hydrogens is 308 g/mol. The van der Waals surface area contributed by atoms with Crippen molar-refractivity contribution in [1.82, 2.24) is 0 Å². The Kier molecular flexibility index (Phi) is 5.40. The Morgan fingerprint density at radius 3 is 2.84 bits per heavy atom. The van der Waals surface area contributed by atoms with Crippen molar-refractivity contribution in [2.75, 3.05) is 6.61 Å². The Morgan fingerprint density at radius 1 is 1.42 bits per heavy atom. The highest BCUT2D eigenvalue weighted by molar-refractivity contribution is 9.10. The molecule has 0 saturated heterocycles. The van der Waals surface area contributed by atoms with Crippen molar-refractivity contribution in [3.8, 4) is 5.75 Å². The van der Waals surface area contributed by atoms with Gasteiger partial charge >= 0.3 is 0 Å². The maximum absolute atomic E-state index is 10.9. The smallest absolute Gasteiger partial charge is 0.153 e. The summed E-state index contributed by atoms with van der Waals surface area (Å²) in [6.45, 7) is 0.249. The molecule has 2 rings (SSSR count). The van der Waals surface area contributed by atoms with E-state index < -0.39 is 6.10 Å². The maximum Gasteiger partial charge on any atom is 0.153 e. The zero-order valence-corrected chi connectivity index (χ0v) is 12.4. The maximum atomic E-state index is 10.9. The highest BCUT2D eigenvalue weighted by Gasteiger charge is 2.19. The largest absolute Gasteiger partial charge is 0.490 e. The molecule has 3 nitrogen and oxygen atoms in total. The molecule has 1 fully saturated rings. The summed E-state index contributed by atoms with van der Waals surface area (Å²) < 4.78 is 6.39. The van der Waals surface area contributed by atoms with Gasteiger partial charge in [0.1, 0.15) is 12.4 Å². The number of carbonyl (C=O) groups excluding carboxylic acids is 1. The van der Waals surface area contributed by atoms with E-state index in [1.54, 1.807) is 12.1 Å². The minimum absolute atomic E-state index is 0.249. The van der Waals surface area contributed by atoms with E-state index in [0.29, 0.717) is 17.2 Å². The normalized spacial score (nSPS) is 17.4. The van der Waals surface area contributed by atoms with Crippen molar-refractivity contribution in [1.29, 1.82) is 0 Å². The number of carbonyl (C=O) groups is 1. The molecule has 1 aliphatic carbocycles. The van der Waals surface area contributed by atoms with E-state index in [1.165, 1.54) is 25.7 Å². The Bertz CT molecular complexity index is 427. The number of hydrogen-bond acceptors (Lipinski definition) is 3. The highest BCUT2D eigenvalue weighted by atomic mass is 79.9. The van der Waals surface area contributed by atoms with Crippen molar-refractivity contribution < 1.29 is 14.6 Å². The van der Waals surface area contributed by atoms with Gasteiger partial charge in [-0.3, -0.25) is 4.79 Å². The second-order valence-electron chi connectivity index (χ2n) is 5.15. The molecule has 1 aromatic carbocycles. The molecular formula is C15H19BrO3. The van der Waals surface area contributed by atoms with E-state index in [0.717, 1.165) is 17.2 Å². The summed E-state index contributed by atoms with van der Waals surface area (Å²) >= 11 is 3.31. The van der Waals surface area contributed by atoms with Gasteiger partial charge in [-0.05, 0) is 30.5 Å². The fraction of sp³-hybridized carbons (Fsp3) is 0.533. The summed E-state index contributed by atoms with van der Waals surface area (Å²) in [5.41, 5.74) is 0.502. The summed E-state index contributed by atoms with van der Waals surface area (Å²) in [5, 5.41) is 9.97. The second kappa shape index (κ2) is 7.06. The summed E-state index contributed by atoms with van der Waals surface area (Å²) in [6.07, 6.45) is 6.10. The van der Waals surface area contributed by atoms with Gasteiger partial charge in [-0.15, -0.1) is 0 Å². The topological polar surface area (TPSA) is 46.5 Å². The number of ether oxygens (including phenoxy) is 1. The Labute approximate surface area is 122 Å². The van der Waals surface area contributed by atoms with Crippen LogP contribution in [0.5, 0.6) is 5.75 Å². The van der Waals surface area contributed by atoms with Gasteiger partial charge in [0.05, 0.1) is 11.7 Å². The predicted molar refractivity (Wildman–Crippen MR) is 77.6 cm³/mol. The Hall–Kier alpha value is -0.870. The summed E-state index contributed by atoms with van der Waals surface area (Å²) in [4.78, 5) is 10.9. The Morgan fingerprint density at radius 2 is 2.16 bits per heavy atom. The molecule has 1 saturated carbocycles. The molecule has 0 spiro atoms. The zero-order valence-electron chi connectivity index (χ0n) is 10.8. The van der Waals surface area contributed by atoms with E-state index in [9.17, 15) is 9.90 Å². The molecule has 19 heavy (non-hydrogen) atoms. The standard InChI is InChI=1S/C15H19BrO3/c16-13-5-6-15(12(8-13)9-17)19-10-14(18)7-11-3-1-2-4-11/h5-6,8-9,11,14,18H,1-4,7,10H2. The molecule has 1 aliphatic rings. The van der Waals surface area contributed by atoms with Crippen molar-refractivity contribution >= 4 is 22.2 Å². The van der Waals surface area contributed by atoms with Gasteiger partial charge in [-0.2, -0.15) is 0 Å². The average Bonchev–Trinajstić information content (AvgIpc) is 2.90. The third kappa shape index (κ3) is 4.32. The van der Waals surface area contributed by atoms with Crippen molar-refractivity contribution in [3.63, 3.8) is 0 Å².